The summed E-state index contributed by atoms with van der Waals surface area (Å²) in [5.74, 6) is -0.405. The van der Waals surface area contributed by atoms with E-state index in [9.17, 15) is 23.1 Å². The summed E-state index contributed by atoms with van der Waals surface area (Å²) < 4.78 is 62.4. The van der Waals surface area contributed by atoms with Gasteiger partial charge in [-0.05, 0) is 106 Å². The van der Waals surface area contributed by atoms with Gasteiger partial charge in [0, 0.05) is 35.4 Å². The second-order valence-electron chi connectivity index (χ2n) is 12.2. The molecule has 2 atom stereocenters. The van der Waals surface area contributed by atoms with Crippen molar-refractivity contribution in [3.63, 3.8) is 0 Å². The molecule has 1 aliphatic rings. The van der Waals surface area contributed by atoms with Crippen LogP contribution in [-0.4, -0.2) is 52.8 Å². The first-order chi connectivity index (χ1) is 22.7. The summed E-state index contributed by atoms with van der Waals surface area (Å²) in [7, 11) is 2.05. The molecule has 8 nitrogen and oxygen atoms in total. The Kier molecular flexibility index (Phi) is 10.4. The number of ether oxygens (including phenoxy) is 1. The van der Waals surface area contributed by atoms with Gasteiger partial charge < -0.3 is 20.1 Å². The number of hydrogen-bond acceptors (Lipinski definition) is 6. The lowest BCUT2D eigenvalue weighted by atomic mass is 9.88. The predicted octanol–water partition coefficient (Wildman–Crippen LogP) is 8.95. The molecule has 2 heterocycles. The van der Waals surface area contributed by atoms with Crippen molar-refractivity contribution in [1.29, 1.82) is 0 Å². The molecule has 0 radical (unpaired) electrons. The van der Waals surface area contributed by atoms with Gasteiger partial charge in [0.1, 0.15) is 5.82 Å². The Morgan fingerprint density at radius 2 is 1.85 bits per heavy atom. The molecule has 5 rings (SSSR count). The lowest BCUT2D eigenvalue weighted by Crippen LogP contribution is -2.36. The first-order valence-electron chi connectivity index (χ1n) is 15.4. The fraction of sp³-hybridized carbons (Fsp3) is 0.343. The zero-order valence-electron chi connectivity index (χ0n) is 26.9. The van der Waals surface area contributed by atoms with Crippen molar-refractivity contribution in [2.24, 2.45) is 5.92 Å². The third-order valence-corrected chi connectivity index (χ3v) is 8.71. The molecule has 1 amide bonds. The van der Waals surface area contributed by atoms with E-state index in [2.05, 4.69) is 20.2 Å². The number of nitrogens with zero attached hydrogens (tertiary/aromatic N) is 4. The minimum atomic E-state index is -4.70. The number of benzene rings is 3. The maximum absolute atomic E-state index is 15.0. The van der Waals surface area contributed by atoms with E-state index in [0.29, 0.717) is 29.2 Å². The highest BCUT2D eigenvalue weighted by Gasteiger charge is 2.37. The van der Waals surface area contributed by atoms with Crippen LogP contribution in [0.25, 0.3) is 0 Å². The van der Waals surface area contributed by atoms with Crippen molar-refractivity contribution in [3.05, 3.63) is 105 Å². The van der Waals surface area contributed by atoms with Crippen molar-refractivity contribution in [2.45, 2.75) is 45.8 Å². The number of alkyl halides is 3. The predicted molar refractivity (Wildman–Crippen MR) is 177 cm³/mol. The molecular weight excluding hydrogens is 650 g/mol. The van der Waals surface area contributed by atoms with E-state index in [1.165, 1.54) is 24.4 Å². The first-order valence-corrected chi connectivity index (χ1v) is 15.8. The molecule has 1 fully saturated rings. The molecule has 254 valence electrons. The Bertz CT molecular complexity index is 1780. The highest BCUT2D eigenvalue weighted by atomic mass is 35.5. The topological polar surface area (TPSA) is 90.8 Å². The number of likely N-dealkylation sites (tertiary alicyclic amines) is 1. The van der Waals surface area contributed by atoms with Crippen molar-refractivity contribution >= 4 is 35.1 Å². The average molecular weight is 686 g/mol. The smallest absolute Gasteiger partial charge is 0.416 e. The van der Waals surface area contributed by atoms with Crippen LogP contribution in [0.1, 0.15) is 52.3 Å². The number of aryl methyl sites for hydroxylation is 3. The van der Waals surface area contributed by atoms with E-state index < -0.39 is 29.7 Å². The van der Waals surface area contributed by atoms with Gasteiger partial charge in [0.05, 0.1) is 18.2 Å². The van der Waals surface area contributed by atoms with Crippen LogP contribution in [0, 0.1) is 32.5 Å². The minimum Gasteiger partial charge on any atom is -0.490 e. The summed E-state index contributed by atoms with van der Waals surface area (Å²) in [5.41, 5.74) is 1.87. The van der Waals surface area contributed by atoms with Crippen molar-refractivity contribution in [2.75, 3.05) is 37.0 Å². The van der Waals surface area contributed by atoms with Gasteiger partial charge in [-0.15, -0.1) is 0 Å². The molecular formula is C35H36ClF4N5O3. The van der Waals surface area contributed by atoms with Gasteiger partial charge in [-0.25, -0.2) is 19.1 Å². The molecule has 3 aromatic carbocycles. The summed E-state index contributed by atoms with van der Waals surface area (Å²) in [6.45, 7) is 7.68. The summed E-state index contributed by atoms with van der Waals surface area (Å²) in [6, 6.07) is 10.8. The van der Waals surface area contributed by atoms with E-state index in [1.54, 1.807) is 19.9 Å². The number of carbonyl (C=O) groups is 1. The molecule has 1 aromatic heterocycles. The van der Waals surface area contributed by atoms with E-state index in [1.807, 2.05) is 26.1 Å². The van der Waals surface area contributed by atoms with Crippen molar-refractivity contribution < 1.29 is 32.2 Å². The van der Waals surface area contributed by atoms with Crippen LogP contribution in [0.5, 0.6) is 5.75 Å². The molecule has 48 heavy (non-hydrogen) atoms. The van der Waals surface area contributed by atoms with E-state index in [4.69, 9.17) is 16.3 Å². The summed E-state index contributed by atoms with van der Waals surface area (Å²) in [4.78, 5) is 24.7. The lowest BCUT2D eigenvalue weighted by molar-refractivity contribution is -0.137. The van der Waals surface area contributed by atoms with Gasteiger partial charge in [0.15, 0.2) is 11.6 Å². The number of halogens is 5. The fourth-order valence-electron chi connectivity index (χ4n) is 6.30. The Labute approximate surface area is 281 Å². The second kappa shape index (κ2) is 14.4. The maximum atomic E-state index is 15.0. The number of carboxylic acid groups (broad SMARTS) is 1. The average Bonchev–Trinajstić information content (AvgIpc) is 2.99. The zero-order chi connectivity index (χ0) is 34.7. The van der Waals surface area contributed by atoms with Crippen LogP contribution in [0.2, 0.25) is 5.02 Å². The number of piperidine rings is 1. The number of hydrogen-bond donors (Lipinski definition) is 2. The Morgan fingerprint density at radius 3 is 2.50 bits per heavy atom. The van der Waals surface area contributed by atoms with Gasteiger partial charge in [0.25, 0.3) is 0 Å². The molecule has 0 spiro atoms. The van der Waals surface area contributed by atoms with Crippen molar-refractivity contribution in [1.82, 2.24) is 14.9 Å². The zero-order valence-corrected chi connectivity index (χ0v) is 27.7. The SMILES string of the molecule is Cc1cc(C)c(C(c2cc(C(F)(F)F)ccc2Cl)N(C(=O)O)c2ccnc(Nc3ccc(OCC4CCCN(C)C4)c(F)c3)n2)c(C)c1. The minimum absolute atomic E-state index is 0.0562. The molecule has 0 saturated carbocycles. The van der Waals surface area contributed by atoms with E-state index in [-0.39, 0.29) is 33.8 Å². The number of amides is 1. The first kappa shape index (κ1) is 34.9. The molecule has 13 heteroatoms. The third-order valence-electron chi connectivity index (χ3n) is 8.37. The molecule has 0 aliphatic carbocycles. The lowest BCUT2D eigenvalue weighted by Gasteiger charge is -2.32. The van der Waals surface area contributed by atoms with Gasteiger partial charge in [-0.3, -0.25) is 0 Å². The monoisotopic (exact) mass is 685 g/mol. The normalized spacial score (nSPS) is 16.0. The van der Waals surface area contributed by atoms with E-state index in [0.717, 1.165) is 54.6 Å². The van der Waals surface area contributed by atoms with Crippen LogP contribution in [0.4, 0.5) is 39.8 Å². The van der Waals surface area contributed by atoms with E-state index >= 15 is 4.39 Å². The van der Waals surface area contributed by atoms with Crippen LogP contribution >= 0.6 is 11.6 Å². The number of aromatic nitrogens is 2. The second-order valence-corrected chi connectivity index (χ2v) is 12.6. The highest BCUT2D eigenvalue weighted by Crippen LogP contribution is 2.42. The van der Waals surface area contributed by atoms with Crippen molar-refractivity contribution in [3.8, 4) is 5.75 Å². The van der Waals surface area contributed by atoms with Gasteiger partial charge in [0.2, 0.25) is 5.95 Å². The number of anilines is 3. The van der Waals surface area contributed by atoms with Crippen LogP contribution in [0.3, 0.4) is 0 Å². The number of rotatable bonds is 9. The molecule has 1 aliphatic heterocycles. The quantitative estimate of drug-likeness (QED) is 0.170. The Morgan fingerprint density at radius 1 is 1.12 bits per heavy atom. The molecule has 2 N–H and O–H groups in total. The molecule has 2 unspecified atom stereocenters. The van der Waals surface area contributed by atoms with Crippen LogP contribution in [-0.2, 0) is 6.18 Å². The van der Waals surface area contributed by atoms with Crippen LogP contribution in [0.15, 0.2) is 60.8 Å². The Hall–Kier alpha value is -4.42. The van der Waals surface area contributed by atoms with Gasteiger partial charge in [-0.2, -0.15) is 18.2 Å². The summed E-state index contributed by atoms with van der Waals surface area (Å²) in [5, 5.41) is 13.4. The Balaban J connectivity index is 1.49. The standard InChI is InChI=1S/C35H36ClF4N5O3/c1-20-14-21(2)31(22(3)15-20)32(26-16-24(35(38,39)40)7-9-27(26)36)45(34(46)47)30-11-12-41-33(43-30)42-25-8-10-29(28(37)17-25)48-19-23-6-5-13-44(4)18-23/h7-12,14-17,23,32H,5-6,13,18-19H2,1-4H3,(H,46,47)(H,41,42,43). The van der Waals surface area contributed by atoms with Gasteiger partial charge in [-0.1, -0.05) is 29.3 Å². The summed E-state index contributed by atoms with van der Waals surface area (Å²) >= 11 is 6.52. The third kappa shape index (κ3) is 7.99. The summed E-state index contributed by atoms with van der Waals surface area (Å²) in [6.07, 6.45) is -2.82. The number of nitrogens with one attached hydrogen (secondary N) is 1. The fourth-order valence-corrected chi connectivity index (χ4v) is 6.52. The van der Waals surface area contributed by atoms with Crippen LogP contribution < -0.4 is 15.0 Å². The largest absolute Gasteiger partial charge is 0.490 e. The molecule has 1 saturated heterocycles. The van der Waals surface area contributed by atoms with Gasteiger partial charge >= 0.3 is 12.3 Å². The molecule has 4 aromatic rings. The maximum Gasteiger partial charge on any atom is 0.416 e. The molecule has 0 bridgehead atoms. The highest BCUT2D eigenvalue weighted by molar-refractivity contribution is 6.31.